The number of benzene rings is 1. The van der Waals surface area contributed by atoms with E-state index in [-0.39, 0.29) is 16.4 Å². The number of sulfonamides is 1. The molecule has 0 heterocycles. The highest BCUT2D eigenvalue weighted by Crippen LogP contribution is 2.24. The zero-order chi connectivity index (χ0) is 13.3. The molecule has 1 aromatic rings. The van der Waals surface area contributed by atoms with Crippen molar-refractivity contribution in [2.75, 3.05) is 0 Å². The Balaban J connectivity index is 3.03. The van der Waals surface area contributed by atoms with Crippen molar-refractivity contribution >= 4 is 26.0 Å². The highest BCUT2D eigenvalue weighted by atomic mass is 79.9. The molecule has 0 saturated heterocycles. The molecule has 0 aromatic heterocycles. The van der Waals surface area contributed by atoms with Crippen LogP contribution in [0.3, 0.4) is 0 Å². The molecule has 0 saturated carbocycles. The second-order valence-electron chi connectivity index (χ2n) is 5.14. The molecule has 96 valence electrons. The van der Waals surface area contributed by atoms with E-state index >= 15 is 0 Å². The molecule has 0 spiro atoms. The smallest absolute Gasteiger partial charge is 0.208 e. The Bertz CT molecular complexity index is 491. The lowest BCUT2D eigenvalue weighted by molar-refractivity contribution is 0.317. The molecule has 5 heteroatoms. The largest absolute Gasteiger partial charge is 0.241 e. The van der Waals surface area contributed by atoms with Gasteiger partial charge in [0.15, 0.2) is 0 Å². The molecule has 0 aliphatic heterocycles. The van der Waals surface area contributed by atoms with Crippen LogP contribution in [0.5, 0.6) is 0 Å². The van der Waals surface area contributed by atoms with Crippen LogP contribution in [-0.4, -0.2) is 14.5 Å². The van der Waals surface area contributed by atoms with Crippen LogP contribution in [0.15, 0.2) is 33.6 Å². The summed E-state index contributed by atoms with van der Waals surface area (Å²) in [6, 6.07) is 6.66. The van der Waals surface area contributed by atoms with Crippen LogP contribution < -0.4 is 4.72 Å². The van der Waals surface area contributed by atoms with E-state index in [9.17, 15) is 8.42 Å². The number of nitrogens with one attached hydrogen (secondary N) is 1. The van der Waals surface area contributed by atoms with Crippen molar-refractivity contribution in [2.24, 2.45) is 5.41 Å². The first-order valence-electron chi connectivity index (χ1n) is 5.41. The maximum absolute atomic E-state index is 12.2. The van der Waals surface area contributed by atoms with Gasteiger partial charge in [0.25, 0.3) is 0 Å². The summed E-state index contributed by atoms with van der Waals surface area (Å²) >= 11 is 3.25. The average Bonchev–Trinajstić information content (AvgIpc) is 2.15. The van der Waals surface area contributed by atoms with Gasteiger partial charge in [0.2, 0.25) is 10.0 Å². The molecule has 0 aliphatic rings. The molecular weight excluding hydrogens is 302 g/mol. The molecule has 0 fully saturated rings. The molecule has 17 heavy (non-hydrogen) atoms. The minimum absolute atomic E-state index is 0.117. The first-order valence-corrected chi connectivity index (χ1v) is 7.69. The number of rotatable bonds is 3. The minimum Gasteiger partial charge on any atom is -0.208 e. The molecule has 0 radical (unpaired) electrons. The number of hydrogen-bond donors (Lipinski definition) is 1. The van der Waals surface area contributed by atoms with Gasteiger partial charge in [-0.2, -0.15) is 0 Å². The lowest BCUT2D eigenvalue weighted by Gasteiger charge is -2.27. The van der Waals surface area contributed by atoms with Gasteiger partial charge in [-0.3, -0.25) is 0 Å². The van der Waals surface area contributed by atoms with Crippen LogP contribution in [-0.2, 0) is 10.0 Å². The highest BCUT2D eigenvalue weighted by Gasteiger charge is 2.26. The summed E-state index contributed by atoms with van der Waals surface area (Å²) in [5.41, 5.74) is -0.117. The summed E-state index contributed by atoms with van der Waals surface area (Å²) in [6.07, 6.45) is 0. The molecule has 0 amide bonds. The van der Waals surface area contributed by atoms with E-state index in [4.69, 9.17) is 0 Å². The quantitative estimate of drug-likeness (QED) is 0.930. The van der Waals surface area contributed by atoms with Gasteiger partial charge in [0, 0.05) is 10.5 Å². The zero-order valence-corrected chi connectivity index (χ0v) is 12.9. The molecule has 1 atom stereocenters. The second kappa shape index (κ2) is 5.08. The Morgan fingerprint density at radius 2 is 1.76 bits per heavy atom. The van der Waals surface area contributed by atoms with E-state index in [1.807, 2.05) is 27.7 Å². The van der Waals surface area contributed by atoms with Crippen molar-refractivity contribution in [3.05, 3.63) is 28.7 Å². The van der Waals surface area contributed by atoms with Crippen molar-refractivity contribution < 1.29 is 8.42 Å². The Labute approximate surface area is 112 Å². The van der Waals surface area contributed by atoms with Gasteiger partial charge < -0.3 is 0 Å². The normalized spacial score (nSPS) is 14.6. The maximum atomic E-state index is 12.2. The lowest BCUT2D eigenvalue weighted by Crippen LogP contribution is -2.41. The second-order valence-corrected chi connectivity index (χ2v) is 7.68. The SMILES string of the molecule is CC(NS(=O)(=O)c1ccccc1Br)C(C)(C)C. The third-order valence-electron chi connectivity index (χ3n) is 2.76. The zero-order valence-electron chi connectivity index (χ0n) is 10.5. The van der Waals surface area contributed by atoms with Crippen LogP contribution in [0.2, 0.25) is 0 Å². The van der Waals surface area contributed by atoms with Crippen LogP contribution in [0.1, 0.15) is 27.7 Å². The first-order chi connectivity index (χ1) is 7.64. The van der Waals surface area contributed by atoms with Crippen molar-refractivity contribution in [3.8, 4) is 0 Å². The Hall–Kier alpha value is -0.390. The van der Waals surface area contributed by atoms with Gasteiger partial charge >= 0.3 is 0 Å². The van der Waals surface area contributed by atoms with E-state index in [2.05, 4.69) is 20.7 Å². The van der Waals surface area contributed by atoms with Crippen LogP contribution in [0, 0.1) is 5.41 Å². The van der Waals surface area contributed by atoms with Crippen molar-refractivity contribution in [1.29, 1.82) is 0 Å². The molecule has 1 rings (SSSR count). The van der Waals surface area contributed by atoms with Crippen LogP contribution in [0.4, 0.5) is 0 Å². The van der Waals surface area contributed by atoms with E-state index in [0.29, 0.717) is 4.47 Å². The minimum atomic E-state index is -3.47. The van der Waals surface area contributed by atoms with Gasteiger partial charge in [-0.15, -0.1) is 0 Å². The summed E-state index contributed by atoms with van der Waals surface area (Å²) in [5, 5.41) is 0. The number of hydrogen-bond acceptors (Lipinski definition) is 2. The van der Waals surface area contributed by atoms with Gasteiger partial charge in [-0.05, 0) is 40.4 Å². The molecular formula is C12H18BrNO2S. The standard InChI is InChI=1S/C12H18BrNO2S/c1-9(12(2,3)4)14-17(15,16)11-8-6-5-7-10(11)13/h5-9,14H,1-4H3. The van der Waals surface area contributed by atoms with Gasteiger partial charge in [-0.25, -0.2) is 13.1 Å². The van der Waals surface area contributed by atoms with Crippen molar-refractivity contribution in [2.45, 2.75) is 38.6 Å². The van der Waals surface area contributed by atoms with Gasteiger partial charge in [0.05, 0.1) is 4.90 Å². The Morgan fingerprint density at radius 3 is 2.24 bits per heavy atom. The fourth-order valence-corrected chi connectivity index (χ4v) is 3.59. The monoisotopic (exact) mass is 319 g/mol. The maximum Gasteiger partial charge on any atom is 0.241 e. The summed E-state index contributed by atoms with van der Waals surface area (Å²) in [6.45, 7) is 7.87. The molecule has 1 aromatic carbocycles. The third-order valence-corrected chi connectivity index (χ3v) is 5.31. The predicted octanol–water partition coefficient (Wildman–Crippen LogP) is 3.16. The fourth-order valence-electron chi connectivity index (χ4n) is 1.14. The topological polar surface area (TPSA) is 46.2 Å². The first kappa shape index (κ1) is 14.7. The van der Waals surface area contributed by atoms with E-state index < -0.39 is 10.0 Å². The molecule has 0 aliphatic carbocycles. The van der Waals surface area contributed by atoms with Crippen molar-refractivity contribution in [1.82, 2.24) is 4.72 Å². The predicted molar refractivity (Wildman–Crippen MR) is 73.4 cm³/mol. The molecule has 3 nitrogen and oxygen atoms in total. The van der Waals surface area contributed by atoms with E-state index in [0.717, 1.165) is 0 Å². The number of halogens is 1. The van der Waals surface area contributed by atoms with E-state index in [1.165, 1.54) is 0 Å². The Morgan fingerprint density at radius 1 is 1.24 bits per heavy atom. The lowest BCUT2D eigenvalue weighted by atomic mass is 9.89. The van der Waals surface area contributed by atoms with Crippen LogP contribution >= 0.6 is 15.9 Å². The molecule has 0 bridgehead atoms. The molecule has 1 N–H and O–H groups in total. The Kier molecular flexibility index (Phi) is 4.38. The fraction of sp³-hybridized carbons (Fsp3) is 0.500. The molecule has 1 unspecified atom stereocenters. The average molecular weight is 320 g/mol. The van der Waals surface area contributed by atoms with E-state index in [1.54, 1.807) is 24.3 Å². The van der Waals surface area contributed by atoms with Crippen molar-refractivity contribution in [3.63, 3.8) is 0 Å². The summed E-state index contributed by atoms with van der Waals surface area (Å²) in [5.74, 6) is 0. The third kappa shape index (κ3) is 3.79. The summed E-state index contributed by atoms with van der Waals surface area (Å²) < 4.78 is 27.6. The summed E-state index contributed by atoms with van der Waals surface area (Å²) in [7, 11) is -3.47. The summed E-state index contributed by atoms with van der Waals surface area (Å²) in [4.78, 5) is 0.274. The highest BCUT2D eigenvalue weighted by molar-refractivity contribution is 9.10. The van der Waals surface area contributed by atoms with Gasteiger partial charge in [0.1, 0.15) is 0 Å². The van der Waals surface area contributed by atoms with Gasteiger partial charge in [-0.1, -0.05) is 32.9 Å². The van der Waals surface area contributed by atoms with Crippen LogP contribution in [0.25, 0.3) is 0 Å².